The first-order valence-corrected chi connectivity index (χ1v) is 9.26. The van der Waals surface area contributed by atoms with E-state index < -0.39 is 35.7 Å². The molecule has 6 nitrogen and oxygen atoms in total. The number of aryl methyl sites for hydroxylation is 1. The van der Waals surface area contributed by atoms with Crippen molar-refractivity contribution < 1.29 is 18.8 Å². The number of nitrogens with one attached hydrogen (secondary N) is 2. The summed E-state index contributed by atoms with van der Waals surface area (Å²) in [5.74, 6) is -1.81. The first-order valence-electron chi connectivity index (χ1n) is 8.88. The van der Waals surface area contributed by atoms with Crippen molar-refractivity contribution in [1.29, 1.82) is 0 Å². The molecular formula is C20H17ClFN3O3. The summed E-state index contributed by atoms with van der Waals surface area (Å²) >= 11 is 5.82. The molecule has 28 heavy (non-hydrogen) atoms. The minimum atomic E-state index is -1.15. The number of fused-ring (bicyclic) bond motifs is 2. The monoisotopic (exact) mass is 401 g/mol. The molecular weight excluding hydrogens is 385 g/mol. The first-order chi connectivity index (χ1) is 13.4. The largest absolute Gasteiger partial charge is 0.325 e. The standard InChI is InChI=1S/C20H17ClFN3O3/c21-13-7-8-15(22)16(10-13)23-17(26)11-25-18(27)20(24-19(25)28)9-3-5-12-4-1-2-6-14(12)20/h1-2,4,6-8,10H,3,5,9,11H2,(H,23,26)(H,24,28)/t20-/m0/s1. The fourth-order valence-electron chi connectivity index (χ4n) is 3.88. The van der Waals surface area contributed by atoms with Crippen LogP contribution < -0.4 is 10.6 Å². The van der Waals surface area contributed by atoms with Gasteiger partial charge in [-0.3, -0.25) is 14.5 Å². The molecule has 2 aromatic rings. The lowest BCUT2D eigenvalue weighted by Crippen LogP contribution is -2.47. The Labute approximate surface area is 165 Å². The second-order valence-electron chi connectivity index (χ2n) is 6.91. The number of nitrogens with zero attached hydrogens (tertiary/aromatic N) is 1. The number of imide groups is 1. The smallest absolute Gasteiger partial charge is 0.322 e. The van der Waals surface area contributed by atoms with Crippen LogP contribution in [-0.2, 0) is 21.5 Å². The van der Waals surface area contributed by atoms with Gasteiger partial charge in [0.15, 0.2) is 0 Å². The quantitative estimate of drug-likeness (QED) is 0.775. The van der Waals surface area contributed by atoms with Gasteiger partial charge in [0.2, 0.25) is 5.91 Å². The van der Waals surface area contributed by atoms with Crippen LogP contribution in [0.1, 0.15) is 24.0 Å². The Morgan fingerprint density at radius 2 is 2.04 bits per heavy atom. The highest BCUT2D eigenvalue weighted by molar-refractivity contribution is 6.30. The molecule has 0 radical (unpaired) electrons. The second-order valence-corrected chi connectivity index (χ2v) is 7.35. The van der Waals surface area contributed by atoms with E-state index in [9.17, 15) is 18.8 Å². The van der Waals surface area contributed by atoms with Crippen LogP contribution in [0.4, 0.5) is 14.9 Å². The van der Waals surface area contributed by atoms with Gasteiger partial charge in [-0.25, -0.2) is 9.18 Å². The Morgan fingerprint density at radius 3 is 2.86 bits per heavy atom. The van der Waals surface area contributed by atoms with E-state index in [0.717, 1.165) is 34.9 Å². The average molecular weight is 402 g/mol. The van der Waals surface area contributed by atoms with E-state index in [-0.39, 0.29) is 10.7 Å². The molecule has 144 valence electrons. The maximum absolute atomic E-state index is 13.8. The highest BCUT2D eigenvalue weighted by Gasteiger charge is 2.54. The molecule has 1 spiro atoms. The molecule has 8 heteroatoms. The van der Waals surface area contributed by atoms with Crippen LogP contribution in [0.25, 0.3) is 0 Å². The zero-order valence-electron chi connectivity index (χ0n) is 14.8. The zero-order valence-corrected chi connectivity index (χ0v) is 15.6. The third-order valence-corrected chi connectivity index (χ3v) is 5.39. The van der Waals surface area contributed by atoms with Crippen LogP contribution in [0.15, 0.2) is 42.5 Å². The predicted octanol–water partition coefficient (Wildman–Crippen LogP) is 3.20. The SMILES string of the molecule is O=C(CN1C(=O)N[C@]2(CCCc3ccccc32)C1=O)Nc1cc(Cl)ccc1F. The molecule has 2 N–H and O–H groups in total. The molecule has 1 aliphatic heterocycles. The lowest BCUT2D eigenvalue weighted by atomic mass is 9.76. The maximum atomic E-state index is 13.8. The summed E-state index contributed by atoms with van der Waals surface area (Å²) < 4.78 is 13.8. The topological polar surface area (TPSA) is 78.5 Å². The highest BCUT2D eigenvalue weighted by atomic mass is 35.5. The van der Waals surface area contributed by atoms with Crippen molar-refractivity contribution in [3.63, 3.8) is 0 Å². The van der Waals surface area contributed by atoms with Gasteiger partial charge in [0, 0.05) is 5.02 Å². The Balaban J connectivity index is 1.56. The molecule has 0 unspecified atom stereocenters. The number of urea groups is 1. The van der Waals surface area contributed by atoms with Gasteiger partial charge in [-0.1, -0.05) is 35.9 Å². The van der Waals surface area contributed by atoms with Crippen molar-refractivity contribution in [3.05, 3.63) is 64.4 Å². The van der Waals surface area contributed by atoms with Gasteiger partial charge in [-0.2, -0.15) is 0 Å². The summed E-state index contributed by atoms with van der Waals surface area (Å²) in [6.07, 6.45) is 2.04. The summed E-state index contributed by atoms with van der Waals surface area (Å²) in [4.78, 5) is 38.8. The van der Waals surface area contributed by atoms with Gasteiger partial charge in [-0.15, -0.1) is 0 Å². The van der Waals surface area contributed by atoms with Gasteiger partial charge in [0.1, 0.15) is 17.9 Å². The molecule has 0 bridgehead atoms. The fraction of sp³-hybridized carbons (Fsp3) is 0.250. The van der Waals surface area contributed by atoms with E-state index >= 15 is 0 Å². The number of carbonyl (C=O) groups excluding carboxylic acids is 3. The highest BCUT2D eigenvalue weighted by Crippen LogP contribution is 2.39. The summed E-state index contributed by atoms with van der Waals surface area (Å²) in [6.45, 7) is -0.513. The van der Waals surface area contributed by atoms with Gasteiger partial charge in [0.25, 0.3) is 5.91 Å². The molecule has 1 saturated heterocycles. The van der Waals surface area contributed by atoms with Crippen molar-refractivity contribution in [2.75, 3.05) is 11.9 Å². The van der Waals surface area contributed by atoms with Crippen LogP contribution >= 0.6 is 11.6 Å². The minimum absolute atomic E-state index is 0.109. The van der Waals surface area contributed by atoms with E-state index in [0.29, 0.717) is 6.42 Å². The molecule has 2 aliphatic rings. The summed E-state index contributed by atoms with van der Waals surface area (Å²) in [5, 5.41) is 5.39. The normalized spacial score (nSPS) is 20.9. The lowest BCUT2D eigenvalue weighted by Gasteiger charge is -2.33. The third-order valence-electron chi connectivity index (χ3n) is 5.15. The Hall–Kier alpha value is -2.93. The van der Waals surface area contributed by atoms with Crippen molar-refractivity contribution >= 4 is 35.1 Å². The van der Waals surface area contributed by atoms with E-state index in [1.807, 2.05) is 24.3 Å². The number of halogens is 2. The second kappa shape index (κ2) is 6.91. The average Bonchev–Trinajstić information content (AvgIpc) is 2.90. The molecule has 4 rings (SSSR count). The summed E-state index contributed by atoms with van der Waals surface area (Å²) in [5.41, 5.74) is 0.522. The number of anilines is 1. The van der Waals surface area contributed by atoms with E-state index in [1.165, 1.54) is 12.1 Å². The predicted molar refractivity (Wildman–Crippen MR) is 101 cm³/mol. The Kier molecular flexibility index (Phi) is 4.55. The Bertz CT molecular complexity index is 996. The van der Waals surface area contributed by atoms with Crippen molar-refractivity contribution in [2.24, 2.45) is 0 Å². The number of amides is 4. The molecule has 0 aromatic heterocycles. The van der Waals surface area contributed by atoms with E-state index in [4.69, 9.17) is 11.6 Å². The molecule has 1 aliphatic carbocycles. The number of hydrogen-bond acceptors (Lipinski definition) is 3. The van der Waals surface area contributed by atoms with Crippen LogP contribution in [-0.4, -0.2) is 29.3 Å². The van der Waals surface area contributed by atoms with Crippen LogP contribution in [0.5, 0.6) is 0 Å². The Morgan fingerprint density at radius 1 is 1.25 bits per heavy atom. The molecule has 1 atom stereocenters. The van der Waals surface area contributed by atoms with E-state index in [1.54, 1.807) is 0 Å². The van der Waals surface area contributed by atoms with E-state index in [2.05, 4.69) is 10.6 Å². The number of hydrogen-bond donors (Lipinski definition) is 2. The number of rotatable bonds is 3. The van der Waals surface area contributed by atoms with Gasteiger partial charge < -0.3 is 10.6 Å². The molecule has 2 aromatic carbocycles. The van der Waals surface area contributed by atoms with Gasteiger partial charge >= 0.3 is 6.03 Å². The number of benzene rings is 2. The van der Waals surface area contributed by atoms with Crippen LogP contribution in [0.2, 0.25) is 5.02 Å². The summed E-state index contributed by atoms with van der Waals surface area (Å²) in [6, 6.07) is 10.6. The van der Waals surface area contributed by atoms with Crippen LogP contribution in [0, 0.1) is 5.82 Å². The molecule has 1 fully saturated rings. The third kappa shape index (κ3) is 3.01. The van der Waals surface area contributed by atoms with Crippen molar-refractivity contribution in [2.45, 2.75) is 24.8 Å². The molecule has 0 saturated carbocycles. The minimum Gasteiger partial charge on any atom is -0.322 e. The maximum Gasteiger partial charge on any atom is 0.325 e. The van der Waals surface area contributed by atoms with Gasteiger partial charge in [0.05, 0.1) is 5.69 Å². The number of carbonyl (C=O) groups is 3. The fourth-order valence-corrected chi connectivity index (χ4v) is 4.05. The molecule has 1 heterocycles. The van der Waals surface area contributed by atoms with Crippen molar-refractivity contribution in [1.82, 2.24) is 10.2 Å². The molecule has 4 amide bonds. The lowest BCUT2D eigenvalue weighted by molar-refractivity contribution is -0.134. The summed E-state index contributed by atoms with van der Waals surface area (Å²) in [7, 11) is 0. The first kappa shape index (κ1) is 18.4. The van der Waals surface area contributed by atoms with Crippen molar-refractivity contribution in [3.8, 4) is 0 Å². The zero-order chi connectivity index (χ0) is 19.9. The van der Waals surface area contributed by atoms with Gasteiger partial charge in [-0.05, 0) is 48.6 Å². The van der Waals surface area contributed by atoms with Crippen LogP contribution in [0.3, 0.4) is 0 Å².